The Morgan fingerprint density at radius 3 is 2.50 bits per heavy atom. The topological polar surface area (TPSA) is 93.0 Å². The van der Waals surface area contributed by atoms with Gasteiger partial charge in [-0.05, 0) is 82.3 Å². The predicted molar refractivity (Wildman–Crippen MR) is 186 cm³/mol. The highest BCUT2D eigenvalue weighted by Gasteiger charge is 2.34. The molecular weight excluding hydrogens is 622 g/mol. The molecule has 3 aromatic carbocycles. The Bertz CT molecular complexity index is 1910. The summed E-state index contributed by atoms with van der Waals surface area (Å²) >= 11 is 7.82. The number of likely N-dealkylation sites (N-methyl/N-ethyl adjacent to an activating group) is 1. The molecule has 242 valence electrons. The molecule has 0 aliphatic carbocycles. The molecule has 1 aliphatic rings. The quantitative estimate of drug-likeness (QED) is 0.168. The van der Waals surface area contributed by atoms with Gasteiger partial charge in [0.1, 0.15) is 5.01 Å². The molecule has 0 saturated carbocycles. The van der Waals surface area contributed by atoms with Crippen molar-refractivity contribution in [3.05, 3.63) is 64.7 Å². The van der Waals surface area contributed by atoms with E-state index in [1.807, 2.05) is 69.8 Å². The molecule has 11 heteroatoms. The first kappa shape index (κ1) is 32.4. The van der Waals surface area contributed by atoms with Crippen LogP contribution in [-0.4, -0.2) is 82.8 Å². The fraction of sp³-hybridized carbons (Fsp3) is 0.400. The Hall–Kier alpha value is -3.54. The molecule has 0 amide bonds. The van der Waals surface area contributed by atoms with Gasteiger partial charge in [0, 0.05) is 66.9 Å². The van der Waals surface area contributed by atoms with Gasteiger partial charge < -0.3 is 19.5 Å². The smallest absolute Gasteiger partial charge is 0.337 e. The van der Waals surface area contributed by atoms with Crippen LogP contribution in [0.3, 0.4) is 0 Å². The molecule has 1 atom stereocenters. The number of fused-ring (bicyclic) bond motifs is 2. The highest BCUT2D eigenvalue weighted by molar-refractivity contribution is 7.22. The number of hydrogen-bond donors (Lipinski definition) is 1. The van der Waals surface area contributed by atoms with Crippen LogP contribution in [0.15, 0.2) is 48.5 Å². The van der Waals surface area contributed by atoms with Crippen molar-refractivity contribution in [1.29, 1.82) is 0 Å². The summed E-state index contributed by atoms with van der Waals surface area (Å²) in [5, 5.41) is 17.8. The number of nitrogens with zero attached hydrogens (tertiary/aromatic N) is 5. The Balaban J connectivity index is 1.45. The van der Waals surface area contributed by atoms with Gasteiger partial charge in [0.05, 0.1) is 27.9 Å². The lowest BCUT2D eigenvalue weighted by Crippen LogP contribution is -2.59. The predicted octanol–water partition coefficient (Wildman–Crippen LogP) is 7.19. The van der Waals surface area contributed by atoms with Crippen molar-refractivity contribution in [2.45, 2.75) is 45.4 Å². The molecule has 0 spiro atoms. The fourth-order valence-electron chi connectivity index (χ4n) is 6.10. The first-order chi connectivity index (χ1) is 21.8. The number of benzene rings is 3. The standard InChI is InChI=1S/C35H40ClN5O4S/c1-20-16-26-31(29(21-8-11-23(36)12-9-21)28(20)30(34(42)43)45-35(2,3)4)46-33(37-26)22-10-13-27-25(17-22)32(38-40(27)6)41-18-24(19-41)39(5)14-15-44-7/h8-13,16-17,24,30H,14-15,18-19H2,1-7H3,(H,42,43). The molecule has 0 radical (unpaired) electrons. The summed E-state index contributed by atoms with van der Waals surface area (Å²) in [6.45, 7) is 11.0. The number of carboxylic acids is 1. The van der Waals surface area contributed by atoms with E-state index in [1.54, 1.807) is 18.4 Å². The van der Waals surface area contributed by atoms with Crippen molar-refractivity contribution in [2.75, 3.05) is 45.3 Å². The molecule has 1 unspecified atom stereocenters. The zero-order valence-electron chi connectivity index (χ0n) is 27.3. The summed E-state index contributed by atoms with van der Waals surface area (Å²) < 4.78 is 14.3. The van der Waals surface area contributed by atoms with E-state index in [2.05, 4.69) is 35.0 Å². The highest BCUT2D eigenvalue weighted by Crippen LogP contribution is 2.45. The number of aliphatic carboxylic acids is 1. The van der Waals surface area contributed by atoms with E-state index < -0.39 is 17.7 Å². The molecule has 1 fully saturated rings. The molecule has 5 aromatic rings. The minimum absolute atomic E-state index is 0.459. The number of methoxy groups -OCH3 is 1. The van der Waals surface area contributed by atoms with E-state index in [1.165, 1.54) is 0 Å². The van der Waals surface area contributed by atoms with Crippen molar-refractivity contribution in [3.8, 4) is 21.7 Å². The van der Waals surface area contributed by atoms with Crippen LogP contribution in [0.2, 0.25) is 5.02 Å². The number of carbonyl (C=O) groups is 1. The van der Waals surface area contributed by atoms with E-state index in [0.717, 1.165) is 73.8 Å². The average Bonchev–Trinajstić information content (AvgIpc) is 3.54. The number of hydrogen-bond acceptors (Lipinski definition) is 8. The molecule has 1 saturated heterocycles. The number of rotatable bonds is 10. The van der Waals surface area contributed by atoms with E-state index in [0.29, 0.717) is 23.2 Å². The third kappa shape index (κ3) is 6.24. The van der Waals surface area contributed by atoms with Crippen molar-refractivity contribution in [3.63, 3.8) is 0 Å². The first-order valence-electron chi connectivity index (χ1n) is 15.4. The average molecular weight is 662 g/mol. The molecule has 0 bridgehead atoms. The minimum atomic E-state index is -1.16. The summed E-state index contributed by atoms with van der Waals surface area (Å²) in [6, 6.07) is 16.3. The minimum Gasteiger partial charge on any atom is -0.479 e. The molecular formula is C35H40ClN5O4S. The largest absolute Gasteiger partial charge is 0.479 e. The second kappa shape index (κ2) is 12.6. The summed E-state index contributed by atoms with van der Waals surface area (Å²) in [5.41, 5.74) is 5.27. The van der Waals surface area contributed by atoms with E-state index >= 15 is 0 Å². The molecule has 2 aromatic heterocycles. The maximum Gasteiger partial charge on any atom is 0.337 e. The lowest BCUT2D eigenvalue weighted by atomic mass is 9.91. The number of ether oxygens (including phenoxy) is 2. The van der Waals surface area contributed by atoms with Gasteiger partial charge in [0.15, 0.2) is 11.9 Å². The van der Waals surface area contributed by atoms with Gasteiger partial charge in [0.25, 0.3) is 0 Å². The zero-order chi connectivity index (χ0) is 32.9. The number of carboxylic acid groups (broad SMARTS) is 1. The summed E-state index contributed by atoms with van der Waals surface area (Å²) in [7, 11) is 5.85. The van der Waals surface area contributed by atoms with Crippen molar-refractivity contribution < 1.29 is 19.4 Å². The number of aryl methyl sites for hydroxylation is 2. The summed E-state index contributed by atoms with van der Waals surface area (Å²) in [6.07, 6.45) is -1.16. The Morgan fingerprint density at radius 2 is 1.85 bits per heavy atom. The van der Waals surface area contributed by atoms with Gasteiger partial charge in [-0.2, -0.15) is 5.10 Å². The number of thiazole rings is 1. The first-order valence-corrected chi connectivity index (χ1v) is 16.6. The zero-order valence-corrected chi connectivity index (χ0v) is 28.9. The number of halogens is 1. The Labute approximate surface area is 278 Å². The second-order valence-electron chi connectivity index (χ2n) is 13.0. The Kier molecular flexibility index (Phi) is 8.86. The number of aromatic nitrogens is 3. The van der Waals surface area contributed by atoms with E-state index in [-0.39, 0.29) is 0 Å². The van der Waals surface area contributed by atoms with Gasteiger partial charge in [-0.1, -0.05) is 23.7 Å². The second-order valence-corrected chi connectivity index (χ2v) is 14.5. The maximum atomic E-state index is 12.7. The lowest BCUT2D eigenvalue weighted by molar-refractivity contribution is -0.160. The van der Waals surface area contributed by atoms with Gasteiger partial charge in [-0.15, -0.1) is 11.3 Å². The van der Waals surface area contributed by atoms with Gasteiger partial charge in [0.2, 0.25) is 0 Å². The van der Waals surface area contributed by atoms with Crippen LogP contribution in [0.25, 0.3) is 42.8 Å². The monoisotopic (exact) mass is 661 g/mol. The fourth-order valence-corrected chi connectivity index (χ4v) is 7.35. The van der Waals surface area contributed by atoms with Crippen LogP contribution in [0.5, 0.6) is 0 Å². The van der Waals surface area contributed by atoms with Crippen LogP contribution in [0, 0.1) is 6.92 Å². The molecule has 9 nitrogen and oxygen atoms in total. The summed E-state index contributed by atoms with van der Waals surface area (Å²) in [5.74, 6) is -0.0644. The van der Waals surface area contributed by atoms with Gasteiger partial charge in [-0.25, -0.2) is 9.78 Å². The van der Waals surface area contributed by atoms with Crippen LogP contribution in [0.1, 0.15) is 38.0 Å². The van der Waals surface area contributed by atoms with Gasteiger partial charge >= 0.3 is 5.97 Å². The third-order valence-corrected chi connectivity index (χ3v) is 9.92. The number of anilines is 1. The maximum absolute atomic E-state index is 12.7. The van der Waals surface area contributed by atoms with E-state index in [4.69, 9.17) is 31.2 Å². The van der Waals surface area contributed by atoms with Crippen LogP contribution < -0.4 is 4.90 Å². The van der Waals surface area contributed by atoms with Crippen molar-refractivity contribution >= 4 is 55.8 Å². The third-order valence-electron chi connectivity index (χ3n) is 8.53. The van der Waals surface area contributed by atoms with E-state index in [9.17, 15) is 9.90 Å². The molecule has 1 aliphatic heterocycles. The lowest BCUT2D eigenvalue weighted by Gasteiger charge is -2.44. The van der Waals surface area contributed by atoms with Crippen LogP contribution in [0.4, 0.5) is 5.82 Å². The Morgan fingerprint density at radius 1 is 1.15 bits per heavy atom. The van der Waals surface area contributed by atoms with Crippen molar-refractivity contribution in [1.82, 2.24) is 19.7 Å². The normalized spacial score (nSPS) is 14.8. The molecule has 46 heavy (non-hydrogen) atoms. The van der Waals surface area contributed by atoms with Crippen molar-refractivity contribution in [2.24, 2.45) is 7.05 Å². The molecule has 3 heterocycles. The molecule has 6 rings (SSSR count). The SMILES string of the molecule is COCCN(C)C1CN(c2nn(C)c3ccc(-c4nc5cc(C)c(C(OC(C)(C)C)C(=O)O)c(-c6ccc(Cl)cc6)c5s4)cc23)C1. The van der Waals surface area contributed by atoms with Gasteiger partial charge in [-0.3, -0.25) is 9.58 Å². The van der Waals surface area contributed by atoms with Crippen LogP contribution in [-0.2, 0) is 21.3 Å². The highest BCUT2D eigenvalue weighted by atomic mass is 35.5. The molecule has 1 N–H and O–H groups in total. The summed E-state index contributed by atoms with van der Waals surface area (Å²) in [4.78, 5) is 22.5. The van der Waals surface area contributed by atoms with Crippen LogP contribution >= 0.6 is 22.9 Å².